The zero-order chi connectivity index (χ0) is 6.85. The third kappa shape index (κ3) is 1.12. The number of hydrogen-bond donors (Lipinski definition) is 2. The van der Waals surface area contributed by atoms with Crippen LogP contribution >= 0.6 is 0 Å². The highest BCUT2D eigenvalue weighted by Gasteiger charge is 2.20. The number of hydrogen-bond acceptors (Lipinski definition) is 3. The largest absolute Gasteiger partial charge is 0.467 e. The predicted molar refractivity (Wildman–Crippen MR) is 31.4 cm³/mol. The van der Waals surface area contributed by atoms with Gasteiger partial charge in [0, 0.05) is 0 Å². The molecule has 2 unspecified atom stereocenters. The molecule has 9 heavy (non-hydrogen) atoms. The maximum atomic E-state index is 8.92. The van der Waals surface area contributed by atoms with E-state index in [4.69, 9.17) is 10.2 Å². The molecule has 0 aromatic rings. The summed E-state index contributed by atoms with van der Waals surface area (Å²) in [5, 5.41) is 17.8. The lowest BCUT2D eigenvalue weighted by molar-refractivity contribution is 0.0292. The first kappa shape index (κ1) is 6.32. The third-order valence-electron chi connectivity index (χ3n) is 1.15. The average Bonchev–Trinajstić information content (AvgIpc) is 1.83. The molecule has 0 radical (unpaired) electrons. The molecule has 0 saturated heterocycles. The first-order valence-electron chi connectivity index (χ1n) is 2.60. The van der Waals surface area contributed by atoms with Crippen LogP contribution in [-0.4, -0.2) is 22.4 Å². The third-order valence-corrected chi connectivity index (χ3v) is 1.15. The average molecular weight is 128 g/mol. The van der Waals surface area contributed by atoms with Crippen LogP contribution in [0.4, 0.5) is 0 Å². The molecular weight excluding hydrogens is 120 g/mol. The number of rotatable bonds is 0. The van der Waals surface area contributed by atoms with Gasteiger partial charge in [-0.3, -0.25) is 0 Å². The Kier molecular flexibility index (Phi) is 1.55. The Morgan fingerprint density at radius 2 is 2.22 bits per heavy atom. The Hall–Kier alpha value is -0.800. The Balaban J connectivity index is 2.69. The van der Waals surface area contributed by atoms with Gasteiger partial charge in [-0.2, -0.15) is 0 Å². The summed E-state index contributed by atoms with van der Waals surface area (Å²) in [6.07, 6.45) is 0.820. The van der Waals surface area contributed by atoms with Crippen LogP contribution in [0, 0.1) is 0 Å². The SMILES string of the molecule is C=C1OC=CC(O)C1O. The standard InChI is InChI=1S/C6H8O3/c1-4-6(8)5(7)2-3-9-4/h2-3,5-8H,1H2. The van der Waals surface area contributed by atoms with E-state index < -0.39 is 12.2 Å². The first-order chi connectivity index (χ1) is 4.22. The topological polar surface area (TPSA) is 49.7 Å². The molecule has 2 N–H and O–H groups in total. The molecule has 50 valence electrons. The van der Waals surface area contributed by atoms with E-state index in [2.05, 4.69) is 11.3 Å². The van der Waals surface area contributed by atoms with Gasteiger partial charge in [-0.1, -0.05) is 6.58 Å². The highest BCUT2D eigenvalue weighted by molar-refractivity contribution is 5.08. The van der Waals surface area contributed by atoms with E-state index in [1.165, 1.54) is 12.3 Å². The lowest BCUT2D eigenvalue weighted by Gasteiger charge is -2.19. The fourth-order valence-electron chi connectivity index (χ4n) is 0.573. The molecule has 0 spiro atoms. The lowest BCUT2D eigenvalue weighted by Crippen LogP contribution is -2.28. The van der Waals surface area contributed by atoms with Crippen LogP contribution in [0.3, 0.4) is 0 Å². The molecule has 0 bridgehead atoms. The molecule has 0 aromatic heterocycles. The summed E-state index contributed by atoms with van der Waals surface area (Å²) in [6.45, 7) is 3.36. The van der Waals surface area contributed by atoms with Gasteiger partial charge in [0.2, 0.25) is 0 Å². The monoisotopic (exact) mass is 128 g/mol. The van der Waals surface area contributed by atoms with Gasteiger partial charge < -0.3 is 14.9 Å². The van der Waals surface area contributed by atoms with Gasteiger partial charge in [-0.15, -0.1) is 0 Å². The maximum absolute atomic E-state index is 8.92. The number of ether oxygens (including phenoxy) is 1. The predicted octanol–water partition coefficient (Wildman–Crippen LogP) is -0.234. The second-order valence-corrected chi connectivity index (χ2v) is 1.85. The van der Waals surface area contributed by atoms with E-state index in [0.29, 0.717) is 0 Å². The molecular formula is C6H8O3. The number of aliphatic hydroxyl groups excluding tert-OH is 2. The van der Waals surface area contributed by atoms with Crippen molar-refractivity contribution in [2.45, 2.75) is 12.2 Å². The quantitative estimate of drug-likeness (QED) is 0.473. The van der Waals surface area contributed by atoms with Crippen LogP contribution in [0.5, 0.6) is 0 Å². The Morgan fingerprint density at radius 3 is 2.67 bits per heavy atom. The summed E-state index contributed by atoms with van der Waals surface area (Å²) < 4.78 is 4.68. The van der Waals surface area contributed by atoms with E-state index in [-0.39, 0.29) is 5.76 Å². The van der Waals surface area contributed by atoms with Gasteiger partial charge in [-0.25, -0.2) is 0 Å². The molecule has 0 fully saturated rings. The van der Waals surface area contributed by atoms with Crippen LogP contribution < -0.4 is 0 Å². The van der Waals surface area contributed by atoms with E-state index in [1.807, 2.05) is 0 Å². The van der Waals surface area contributed by atoms with Crippen LogP contribution in [0.2, 0.25) is 0 Å². The lowest BCUT2D eigenvalue weighted by atomic mass is 10.1. The Morgan fingerprint density at radius 1 is 1.56 bits per heavy atom. The molecule has 1 aliphatic heterocycles. The summed E-state index contributed by atoms with van der Waals surface area (Å²) in [5.41, 5.74) is 0. The van der Waals surface area contributed by atoms with Crippen LogP contribution in [0.15, 0.2) is 24.7 Å². The van der Waals surface area contributed by atoms with Gasteiger partial charge in [-0.05, 0) is 6.08 Å². The summed E-state index contributed by atoms with van der Waals surface area (Å²) >= 11 is 0. The molecule has 0 amide bonds. The fraction of sp³-hybridized carbons (Fsp3) is 0.333. The van der Waals surface area contributed by atoms with Crippen molar-refractivity contribution in [3.05, 3.63) is 24.7 Å². The van der Waals surface area contributed by atoms with E-state index in [1.54, 1.807) is 0 Å². The summed E-state index contributed by atoms with van der Waals surface area (Å²) in [7, 11) is 0. The Bertz CT molecular complexity index is 150. The van der Waals surface area contributed by atoms with Crippen molar-refractivity contribution in [3.8, 4) is 0 Å². The van der Waals surface area contributed by atoms with Crippen LogP contribution in [0.25, 0.3) is 0 Å². The van der Waals surface area contributed by atoms with Crippen molar-refractivity contribution in [2.75, 3.05) is 0 Å². The highest BCUT2D eigenvalue weighted by atomic mass is 16.5. The Labute approximate surface area is 52.9 Å². The zero-order valence-electron chi connectivity index (χ0n) is 4.82. The fourth-order valence-corrected chi connectivity index (χ4v) is 0.573. The van der Waals surface area contributed by atoms with Gasteiger partial charge in [0.1, 0.15) is 18.0 Å². The normalized spacial score (nSPS) is 34.2. The van der Waals surface area contributed by atoms with Crippen molar-refractivity contribution >= 4 is 0 Å². The van der Waals surface area contributed by atoms with Crippen LogP contribution in [0.1, 0.15) is 0 Å². The minimum Gasteiger partial charge on any atom is -0.467 e. The minimum atomic E-state index is -0.977. The number of aliphatic hydroxyl groups is 2. The second-order valence-electron chi connectivity index (χ2n) is 1.85. The van der Waals surface area contributed by atoms with Crippen molar-refractivity contribution in [2.24, 2.45) is 0 Å². The first-order valence-corrected chi connectivity index (χ1v) is 2.60. The molecule has 0 aromatic carbocycles. The molecule has 1 heterocycles. The van der Waals surface area contributed by atoms with Gasteiger partial charge in [0.25, 0.3) is 0 Å². The molecule has 1 rings (SSSR count). The van der Waals surface area contributed by atoms with Crippen molar-refractivity contribution in [3.63, 3.8) is 0 Å². The van der Waals surface area contributed by atoms with Crippen LogP contribution in [-0.2, 0) is 4.74 Å². The molecule has 1 aliphatic rings. The molecule has 3 heteroatoms. The van der Waals surface area contributed by atoms with Crippen molar-refractivity contribution in [1.82, 2.24) is 0 Å². The summed E-state index contributed by atoms with van der Waals surface area (Å²) in [4.78, 5) is 0. The second kappa shape index (κ2) is 2.21. The van der Waals surface area contributed by atoms with Gasteiger partial charge in [0.15, 0.2) is 0 Å². The van der Waals surface area contributed by atoms with E-state index in [0.717, 1.165) is 0 Å². The van der Waals surface area contributed by atoms with Gasteiger partial charge >= 0.3 is 0 Å². The zero-order valence-corrected chi connectivity index (χ0v) is 4.82. The summed E-state index contributed by atoms with van der Waals surface area (Å²) in [6, 6.07) is 0. The van der Waals surface area contributed by atoms with Crippen molar-refractivity contribution < 1.29 is 14.9 Å². The maximum Gasteiger partial charge on any atom is 0.140 e. The van der Waals surface area contributed by atoms with E-state index in [9.17, 15) is 0 Å². The molecule has 2 atom stereocenters. The molecule has 3 nitrogen and oxygen atoms in total. The van der Waals surface area contributed by atoms with Crippen molar-refractivity contribution in [1.29, 1.82) is 0 Å². The molecule has 0 saturated carbocycles. The minimum absolute atomic E-state index is 0.185. The summed E-state index contributed by atoms with van der Waals surface area (Å²) in [5.74, 6) is 0.185. The smallest absolute Gasteiger partial charge is 0.140 e. The van der Waals surface area contributed by atoms with E-state index >= 15 is 0 Å². The highest BCUT2D eigenvalue weighted by Crippen LogP contribution is 2.12. The molecule has 0 aliphatic carbocycles. The van der Waals surface area contributed by atoms with Gasteiger partial charge in [0.05, 0.1) is 6.26 Å².